The van der Waals surface area contributed by atoms with Crippen molar-refractivity contribution in [3.8, 4) is 0 Å². The van der Waals surface area contributed by atoms with Crippen LogP contribution in [0.15, 0.2) is 17.5 Å². The van der Waals surface area contributed by atoms with Gasteiger partial charge in [0.1, 0.15) is 5.54 Å². The maximum Gasteiger partial charge on any atom is 0.329 e. The SMILES string of the molecule is CCC(C)(NC(=O)C(C)c1cccs1)C(=O)O. The molecule has 0 aliphatic carbocycles. The van der Waals surface area contributed by atoms with Gasteiger partial charge in [-0.2, -0.15) is 0 Å². The molecule has 1 heterocycles. The number of carbonyl (C=O) groups excluding carboxylic acids is 1. The van der Waals surface area contributed by atoms with E-state index in [2.05, 4.69) is 5.32 Å². The first-order chi connectivity index (χ1) is 7.90. The third kappa shape index (κ3) is 3.06. The zero-order chi connectivity index (χ0) is 13.1. The lowest BCUT2D eigenvalue weighted by Gasteiger charge is -2.26. The van der Waals surface area contributed by atoms with Crippen molar-refractivity contribution in [2.75, 3.05) is 0 Å². The van der Waals surface area contributed by atoms with E-state index in [1.165, 1.54) is 18.3 Å². The molecule has 4 nitrogen and oxygen atoms in total. The van der Waals surface area contributed by atoms with Crippen molar-refractivity contribution in [2.24, 2.45) is 0 Å². The molecule has 2 atom stereocenters. The van der Waals surface area contributed by atoms with Crippen molar-refractivity contribution < 1.29 is 14.7 Å². The third-order valence-electron chi connectivity index (χ3n) is 2.94. The van der Waals surface area contributed by atoms with Crippen LogP contribution in [0.3, 0.4) is 0 Å². The molecule has 0 bridgehead atoms. The molecule has 0 fully saturated rings. The van der Waals surface area contributed by atoms with Gasteiger partial charge in [-0.25, -0.2) is 4.79 Å². The van der Waals surface area contributed by atoms with Gasteiger partial charge in [0.25, 0.3) is 0 Å². The molecule has 2 N–H and O–H groups in total. The lowest BCUT2D eigenvalue weighted by molar-refractivity contribution is -0.147. The highest BCUT2D eigenvalue weighted by Gasteiger charge is 2.34. The van der Waals surface area contributed by atoms with Gasteiger partial charge in [-0.05, 0) is 31.7 Å². The van der Waals surface area contributed by atoms with Crippen molar-refractivity contribution in [1.82, 2.24) is 5.32 Å². The first-order valence-electron chi connectivity index (χ1n) is 5.49. The van der Waals surface area contributed by atoms with Crippen LogP contribution in [0, 0.1) is 0 Å². The maximum atomic E-state index is 12.0. The van der Waals surface area contributed by atoms with Crippen LogP contribution in [0.4, 0.5) is 0 Å². The number of carboxylic acid groups (broad SMARTS) is 1. The molecule has 0 spiro atoms. The quantitative estimate of drug-likeness (QED) is 0.847. The van der Waals surface area contributed by atoms with Gasteiger partial charge < -0.3 is 10.4 Å². The molecule has 1 amide bonds. The standard InChI is InChI=1S/C12H17NO3S/c1-4-12(3,11(15)16)13-10(14)8(2)9-6-5-7-17-9/h5-8H,4H2,1-3H3,(H,13,14)(H,15,16). The van der Waals surface area contributed by atoms with Gasteiger partial charge >= 0.3 is 5.97 Å². The van der Waals surface area contributed by atoms with Crippen molar-refractivity contribution in [3.63, 3.8) is 0 Å². The molecule has 0 radical (unpaired) electrons. The fourth-order valence-electron chi connectivity index (χ4n) is 1.34. The molecule has 17 heavy (non-hydrogen) atoms. The second-order valence-electron chi connectivity index (χ2n) is 4.22. The largest absolute Gasteiger partial charge is 0.480 e. The molecular weight excluding hydrogens is 238 g/mol. The van der Waals surface area contributed by atoms with E-state index in [-0.39, 0.29) is 11.8 Å². The highest BCUT2D eigenvalue weighted by molar-refractivity contribution is 7.10. The summed E-state index contributed by atoms with van der Waals surface area (Å²) >= 11 is 1.49. The van der Waals surface area contributed by atoms with Gasteiger partial charge in [0, 0.05) is 4.88 Å². The van der Waals surface area contributed by atoms with E-state index < -0.39 is 11.5 Å². The molecule has 5 heteroatoms. The van der Waals surface area contributed by atoms with E-state index >= 15 is 0 Å². The number of aliphatic carboxylic acids is 1. The Kier molecular flexibility index (Phi) is 4.28. The lowest BCUT2D eigenvalue weighted by atomic mass is 9.97. The summed E-state index contributed by atoms with van der Waals surface area (Å²) in [5.74, 6) is -1.58. The van der Waals surface area contributed by atoms with Crippen LogP contribution in [0.2, 0.25) is 0 Å². The molecule has 94 valence electrons. The molecule has 0 saturated carbocycles. The van der Waals surface area contributed by atoms with Crippen LogP contribution in [0.25, 0.3) is 0 Å². The predicted molar refractivity (Wildman–Crippen MR) is 67.2 cm³/mol. The summed E-state index contributed by atoms with van der Waals surface area (Å²) in [5.41, 5.74) is -1.19. The zero-order valence-electron chi connectivity index (χ0n) is 10.2. The number of thiophene rings is 1. The lowest BCUT2D eigenvalue weighted by Crippen LogP contribution is -2.52. The number of amides is 1. The summed E-state index contributed by atoms with van der Waals surface area (Å²) in [6.45, 7) is 5.04. The van der Waals surface area contributed by atoms with E-state index in [4.69, 9.17) is 5.11 Å². The second-order valence-corrected chi connectivity index (χ2v) is 5.20. The summed E-state index contributed by atoms with van der Waals surface area (Å²) in [7, 11) is 0. The summed E-state index contributed by atoms with van der Waals surface area (Å²) in [5, 5.41) is 13.6. The van der Waals surface area contributed by atoms with Gasteiger partial charge in [-0.3, -0.25) is 4.79 Å². The molecule has 1 aromatic heterocycles. The number of carbonyl (C=O) groups is 2. The Morgan fingerprint density at radius 2 is 2.24 bits per heavy atom. The third-order valence-corrected chi connectivity index (χ3v) is 4.00. The highest BCUT2D eigenvalue weighted by Crippen LogP contribution is 2.22. The first-order valence-corrected chi connectivity index (χ1v) is 6.37. The topological polar surface area (TPSA) is 66.4 Å². The van der Waals surface area contributed by atoms with Crippen LogP contribution in [0.5, 0.6) is 0 Å². The van der Waals surface area contributed by atoms with Crippen molar-refractivity contribution in [1.29, 1.82) is 0 Å². The van der Waals surface area contributed by atoms with E-state index in [0.29, 0.717) is 6.42 Å². The number of nitrogens with one attached hydrogen (secondary N) is 1. The van der Waals surface area contributed by atoms with Crippen molar-refractivity contribution in [3.05, 3.63) is 22.4 Å². The van der Waals surface area contributed by atoms with Crippen LogP contribution in [-0.2, 0) is 9.59 Å². The average Bonchev–Trinajstić information content (AvgIpc) is 2.80. The van der Waals surface area contributed by atoms with Gasteiger partial charge in [0.05, 0.1) is 5.92 Å². The Morgan fingerprint density at radius 1 is 1.59 bits per heavy atom. The molecule has 0 aliphatic heterocycles. The van der Waals surface area contributed by atoms with Crippen LogP contribution >= 0.6 is 11.3 Å². The molecule has 1 aromatic rings. The minimum absolute atomic E-state index is 0.251. The number of hydrogen-bond acceptors (Lipinski definition) is 3. The van der Waals surface area contributed by atoms with Gasteiger partial charge in [0.15, 0.2) is 0 Å². The predicted octanol–water partition coefficient (Wildman–Crippen LogP) is 2.22. The van der Waals surface area contributed by atoms with E-state index in [9.17, 15) is 9.59 Å². The van der Waals surface area contributed by atoms with Crippen LogP contribution in [-0.4, -0.2) is 22.5 Å². The Hall–Kier alpha value is -1.36. The number of carboxylic acids is 1. The number of hydrogen-bond donors (Lipinski definition) is 2. The summed E-state index contributed by atoms with van der Waals surface area (Å²) < 4.78 is 0. The monoisotopic (exact) mass is 255 g/mol. The summed E-state index contributed by atoms with van der Waals surface area (Å²) in [6, 6.07) is 3.75. The Labute approximate surface area is 105 Å². The molecule has 2 unspecified atom stereocenters. The summed E-state index contributed by atoms with van der Waals surface area (Å²) in [4.78, 5) is 24.0. The van der Waals surface area contributed by atoms with Crippen molar-refractivity contribution >= 4 is 23.2 Å². The van der Waals surface area contributed by atoms with Crippen LogP contribution in [0.1, 0.15) is 38.0 Å². The van der Waals surface area contributed by atoms with Gasteiger partial charge in [0.2, 0.25) is 5.91 Å². The van der Waals surface area contributed by atoms with E-state index in [1.807, 2.05) is 17.5 Å². The molecule has 0 saturated heterocycles. The van der Waals surface area contributed by atoms with E-state index in [1.54, 1.807) is 13.8 Å². The fourth-order valence-corrected chi connectivity index (χ4v) is 2.12. The van der Waals surface area contributed by atoms with Gasteiger partial charge in [-0.15, -0.1) is 11.3 Å². The van der Waals surface area contributed by atoms with Crippen LogP contribution < -0.4 is 5.32 Å². The van der Waals surface area contributed by atoms with Gasteiger partial charge in [-0.1, -0.05) is 13.0 Å². The minimum Gasteiger partial charge on any atom is -0.480 e. The first kappa shape index (κ1) is 13.7. The highest BCUT2D eigenvalue weighted by atomic mass is 32.1. The van der Waals surface area contributed by atoms with E-state index in [0.717, 1.165) is 4.88 Å². The fraction of sp³-hybridized carbons (Fsp3) is 0.500. The average molecular weight is 255 g/mol. The smallest absolute Gasteiger partial charge is 0.329 e. The summed E-state index contributed by atoms with van der Waals surface area (Å²) in [6.07, 6.45) is 0.352. The second kappa shape index (κ2) is 5.31. The molecule has 0 aliphatic rings. The zero-order valence-corrected chi connectivity index (χ0v) is 11.0. The Morgan fingerprint density at radius 3 is 2.65 bits per heavy atom. The molecular formula is C12H17NO3S. The molecule has 1 rings (SSSR count). The Bertz CT molecular complexity index is 402. The minimum atomic E-state index is -1.19. The normalized spacial score (nSPS) is 15.9. The number of rotatable bonds is 5. The Balaban J connectivity index is 2.75. The molecule has 0 aromatic carbocycles. The maximum absolute atomic E-state index is 12.0. The van der Waals surface area contributed by atoms with Crippen molar-refractivity contribution in [2.45, 2.75) is 38.6 Å².